The van der Waals surface area contributed by atoms with Gasteiger partial charge in [0.25, 0.3) is 0 Å². The third-order valence-corrected chi connectivity index (χ3v) is 4.50. The van der Waals surface area contributed by atoms with Crippen molar-refractivity contribution in [2.24, 2.45) is 0 Å². The Morgan fingerprint density at radius 2 is 1.96 bits per heavy atom. The summed E-state index contributed by atoms with van der Waals surface area (Å²) in [6, 6.07) is 10.4. The zero-order valence-electron chi connectivity index (χ0n) is 14.0. The lowest BCUT2D eigenvalue weighted by Gasteiger charge is -2.04. The number of hydrogen-bond acceptors (Lipinski definition) is 7. The van der Waals surface area contributed by atoms with E-state index in [1.54, 1.807) is 49.1 Å². The molecular formula is C19H16N2O4S. The van der Waals surface area contributed by atoms with E-state index in [0.717, 1.165) is 10.6 Å². The highest BCUT2D eigenvalue weighted by molar-refractivity contribution is 7.13. The fourth-order valence-electron chi connectivity index (χ4n) is 2.22. The number of hydrogen-bond donors (Lipinski definition) is 0. The number of nitrogens with zero attached hydrogens (tertiary/aromatic N) is 2. The average Bonchev–Trinajstić information content (AvgIpc) is 3.15. The molecule has 26 heavy (non-hydrogen) atoms. The van der Waals surface area contributed by atoms with Crippen LogP contribution >= 0.6 is 11.3 Å². The standard InChI is InChI=1S/C19H16N2O4S/c1-24-16-6-4-13(5-7-16)17(22)11-25-18(23)9-15-12-26-19(21-15)14-3-2-8-20-10-14/h2-8,10,12H,9,11H2,1H3. The molecule has 0 saturated carbocycles. The Kier molecular flexibility index (Phi) is 5.70. The molecule has 0 aliphatic carbocycles. The zero-order chi connectivity index (χ0) is 18.4. The van der Waals surface area contributed by atoms with Crippen LogP contribution < -0.4 is 4.74 Å². The van der Waals surface area contributed by atoms with Gasteiger partial charge in [-0.3, -0.25) is 14.6 Å². The van der Waals surface area contributed by atoms with Crippen LogP contribution in [0.15, 0.2) is 54.2 Å². The zero-order valence-corrected chi connectivity index (χ0v) is 14.9. The maximum absolute atomic E-state index is 12.1. The van der Waals surface area contributed by atoms with Gasteiger partial charge in [-0.1, -0.05) is 0 Å². The van der Waals surface area contributed by atoms with Crippen LogP contribution in [0.1, 0.15) is 16.1 Å². The number of ketones is 1. The number of thiazole rings is 1. The molecule has 0 saturated heterocycles. The minimum absolute atomic E-state index is 0.0205. The van der Waals surface area contributed by atoms with E-state index in [-0.39, 0.29) is 18.8 Å². The van der Waals surface area contributed by atoms with E-state index >= 15 is 0 Å². The summed E-state index contributed by atoms with van der Waals surface area (Å²) >= 11 is 1.43. The molecule has 0 aliphatic heterocycles. The van der Waals surface area contributed by atoms with Crippen molar-refractivity contribution in [1.29, 1.82) is 0 Å². The summed E-state index contributed by atoms with van der Waals surface area (Å²) in [4.78, 5) is 32.5. The second-order valence-electron chi connectivity index (χ2n) is 5.37. The van der Waals surface area contributed by atoms with Gasteiger partial charge in [0, 0.05) is 28.9 Å². The highest BCUT2D eigenvalue weighted by Gasteiger charge is 2.13. The molecule has 7 heteroatoms. The maximum Gasteiger partial charge on any atom is 0.312 e. The normalized spacial score (nSPS) is 10.3. The Labute approximate surface area is 154 Å². The number of ether oxygens (including phenoxy) is 2. The number of carbonyl (C=O) groups excluding carboxylic acids is 2. The van der Waals surface area contributed by atoms with E-state index in [0.29, 0.717) is 17.0 Å². The maximum atomic E-state index is 12.1. The van der Waals surface area contributed by atoms with Crippen LogP contribution in [0.5, 0.6) is 5.75 Å². The fraction of sp³-hybridized carbons (Fsp3) is 0.158. The molecule has 0 aliphatic rings. The van der Waals surface area contributed by atoms with Crippen molar-refractivity contribution in [2.45, 2.75) is 6.42 Å². The molecule has 2 aromatic heterocycles. The topological polar surface area (TPSA) is 78.4 Å². The van der Waals surface area contributed by atoms with E-state index < -0.39 is 5.97 Å². The molecule has 0 fully saturated rings. The fourth-order valence-corrected chi connectivity index (χ4v) is 3.03. The van der Waals surface area contributed by atoms with Gasteiger partial charge < -0.3 is 9.47 Å². The summed E-state index contributed by atoms with van der Waals surface area (Å²) in [6.45, 7) is -0.301. The first kappa shape index (κ1) is 17.8. The van der Waals surface area contributed by atoms with Crippen LogP contribution in [0.25, 0.3) is 10.6 Å². The number of rotatable bonds is 7. The van der Waals surface area contributed by atoms with E-state index in [1.807, 2.05) is 12.1 Å². The van der Waals surface area contributed by atoms with Crippen molar-refractivity contribution in [3.05, 3.63) is 65.4 Å². The van der Waals surface area contributed by atoms with Crippen molar-refractivity contribution in [1.82, 2.24) is 9.97 Å². The van der Waals surface area contributed by atoms with Crippen molar-refractivity contribution >= 4 is 23.1 Å². The summed E-state index contributed by atoms with van der Waals surface area (Å²) in [5, 5.41) is 2.59. The number of pyridine rings is 1. The molecule has 0 N–H and O–H groups in total. The van der Waals surface area contributed by atoms with Crippen LogP contribution in [0.3, 0.4) is 0 Å². The molecular weight excluding hydrogens is 352 g/mol. The van der Waals surface area contributed by atoms with Crippen molar-refractivity contribution in [3.8, 4) is 16.3 Å². The van der Waals surface area contributed by atoms with Gasteiger partial charge >= 0.3 is 5.97 Å². The largest absolute Gasteiger partial charge is 0.497 e. The summed E-state index contributed by atoms with van der Waals surface area (Å²) in [5.41, 5.74) is 1.97. The predicted octanol–water partition coefficient (Wildman–Crippen LogP) is 3.18. The molecule has 0 amide bonds. The number of Topliss-reactive ketones (excluding diaryl/α,β-unsaturated/α-hetero) is 1. The van der Waals surface area contributed by atoms with E-state index in [9.17, 15) is 9.59 Å². The average molecular weight is 368 g/mol. The van der Waals surface area contributed by atoms with Crippen LogP contribution in [-0.2, 0) is 16.0 Å². The lowest BCUT2D eigenvalue weighted by Crippen LogP contribution is -2.15. The lowest BCUT2D eigenvalue weighted by atomic mass is 10.1. The number of benzene rings is 1. The van der Waals surface area contributed by atoms with Gasteiger partial charge in [0.1, 0.15) is 10.8 Å². The molecule has 2 heterocycles. The van der Waals surface area contributed by atoms with Crippen LogP contribution in [0, 0.1) is 0 Å². The predicted molar refractivity (Wildman–Crippen MR) is 97.3 cm³/mol. The molecule has 3 rings (SSSR count). The quantitative estimate of drug-likeness (QED) is 0.471. The van der Waals surface area contributed by atoms with Gasteiger partial charge in [-0.15, -0.1) is 11.3 Å². The minimum Gasteiger partial charge on any atom is -0.497 e. The molecule has 0 unspecified atom stereocenters. The number of esters is 1. The first-order valence-corrected chi connectivity index (χ1v) is 8.71. The SMILES string of the molecule is COc1ccc(C(=O)COC(=O)Cc2csc(-c3cccnc3)n2)cc1. The monoisotopic (exact) mass is 368 g/mol. The van der Waals surface area contributed by atoms with Gasteiger partial charge in [0.15, 0.2) is 12.4 Å². The molecule has 0 radical (unpaired) electrons. The Morgan fingerprint density at radius 3 is 2.65 bits per heavy atom. The van der Waals surface area contributed by atoms with Crippen LogP contribution in [0.2, 0.25) is 0 Å². The first-order chi connectivity index (χ1) is 12.7. The third-order valence-electron chi connectivity index (χ3n) is 3.56. The summed E-state index contributed by atoms with van der Waals surface area (Å²) in [6.07, 6.45) is 3.43. The van der Waals surface area contributed by atoms with Crippen molar-refractivity contribution in [3.63, 3.8) is 0 Å². The van der Waals surface area contributed by atoms with Gasteiger partial charge in [0.2, 0.25) is 0 Å². The molecule has 3 aromatic rings. The Bertz CT molecular complexity index is 891. The number of carbonyl (C=O) groups is 2. The highest BCUT2D eigenvalue weighted by Crippen LogP contribution is 2.22. The molecule has 0 bridgehead atoms. The number of methoxy groups -OCH3 is 1. The first-order valence-electron chi connectivity index (χ1n) is 7.83. The smallest absolute Gasteiger partial charge is 0.312 e. The Hall–Kier alpha value is -3.06. The van der Waals surface area contributed by atoms with E-state index in [2.05, 4.69) is 9.97 Å². The molecule has 0 atom stereocenters. The van der Waals surface area contributed by atoms with Gasteiger partial charge in [-0.05, 0) is 36.4 Å². The summed E-state index contributed by atoms with van der Waals surface area (Å²) in [5.74, 6) is -0.100. The van der Waals surface area contributed by atoms with Crippen LogP contribution in [-0.4, -0.2) is 35.4 Å². The summed E-state index contributed by atoms with van der Waals surface area (Å²) < 4.78 is 10.1. The highest BCUT2D eigenvalue weighted by atomic mass is 32.1. The molecule has 6 nitrogen and oxygen atoms in total. The second kappa shape index (κ2) is 8.35. The van der Waals surface area contributed by atoms with Crippen LogP contribution in [0.4, 0.5) is 0 Å². The lowest BCUT2D eigenvalue weighted by molar-refractivity contribution is -0.141. The Morgan fingerprint density at radius 1 is 1.15 bits per heavy atom. The molecule has 132 valence electrons. The summed E-state index contributed by atoms with van der Waals surface area (Å²) in [7, 11) is 1.55. The minimum atomic E-state index is -0.491. The van der Waals surface area contributed by atoms with Crippen molar-refractivity contribution < 1.29 is 19.1 Å². The Balaban J connectivity index is 1.52. The molecule has 0 spiro atoms. The van der Waals surface area contributed by atoms with Gasteiger partial charge in [0.05, 0.1) is 19.2 Å². The molecule has 1 aromatic carbocycles. The number of aromatic nitrogens is 2. The van der Waals surface area contributed by atoms with Gasteiger partial charge in [-0.2, -0.15) is 0 Å². The van der Waals surface area contributed by atoms with Crippen molar-refractivity contribution in [2.75, 3.05) is 13.7 Å². The van der Waals surface area contributed by atoms with E-state index in [4.69, 9.17) is 9.47 Å². The van der Waals surface area contributed by atoms with Gasteiger partial charge in [-0.25, -0.2) is 4.98 Å². The van der Waals surface area contributed by atoms with E-state index in [1.165, 1.54) is 11.3 Å². The third kappa shape index (κ3) is 4.52. The second-order valence-corrected chi connectivity index (χ2v) is 6.23.